The van der Waals surface area contributed by atoms with Crippen LogP contribution in [0.2, 0.25) is 0 Å². The number of carbonyl (C=O) groups excluding carboxylic acids is 1. The summed E-state index contributed by atoms with van der Waals surface area (Å²) in [4.78, 5) is 14.2. The average Bonchev–Trinajstić information content (AvgIpc) is 2.78. The van der Waals surface area contributed by atoms with Crippen LogP contribution >= 0.6 is 0 Å². The van der Waals surface area contributed by atoms with Crippen molar-refractivity contribution in [2.24, 2.45) is 0 Å². The summed E-state index contributed by atoms with van der Waals surface area (Å²) in [5, 5.41) is 2.66. The highest BCUT2D eigenvalue weighted by Gasteiger charge is 2.19. The maximum Gasteiger partial charge on any atom is 0.387 e. The quantitative estimate of drug-likeness (QED) is 0.807. The fourth-order valence-corrected chi connectivity index (χ4v) is 3.01. The first kappa shape index (κ1) is 17.7. The van der Waals surface area contributed by atoms with E-state index >= 15 is 0 Å². The summed E-state index contributed by atoms with van der Waals surface area (Å²) in [7, 11) is 1.94. The number of para-hydroxylation sites is 2. The molecule has 1 fully saturated rings. The number of nitrogens with zero attached hydrogens (tertiary/aromatic N) is 1. The Bertz CT molecular complexity index is 503. The van der Waals surface area contributed by atoms with Gasteiger partial charge >= 0.3 is 6.61 Å². The number of hydrogen-bond donors (Lipinski definition) is 1. The van der Waals surface area contributed by atoms with E-state index in [-0.39, 0.29) is 23.9 Å². The third-order valence-corrected chi connectivity index (χ3v) is 4.22. The van der Waals surface area contributed by atoms with Crippen LogP contribution in [-0.2, 0) is 4.79 Å². The Labute approximate surface area is 135 Å². The molecule has 0 saturated heterocycles. The SMILES string of the molecule is CN(CC(=O)Nc1ccccc1OC(F)F)C1CCCCCC1. The largest absolute Gasteiger partial charge is 0.433 e. The molecule has 0 atom stereocenters. The molecule has 1 aromatic rings. The Morgan fingerprint density at radius 3 is 2.57 bits per heavy atom. The molecule has 1 N–H and O–H groups in total. The van der Waals surface area contributed by atoms with Crippen molar-refractivity contribution in [3.05, 3.63) is 24.3 Å². The molecule has 6 heteroatoms. The maximum atomic E-state index is 12.4. The zero-order valence-electron chi connectivity index (χ0n) is 13.4. The lowest BCUT2D eigenvalue weighted by atomic mass is 10.1. The summed E-state index contributed by atoms with van der Waals surface area (Å²) in [5.41, 5.74) is 0.270. The Balaban J connectivity index is 1.91. The number of likely N-dealkylation sites (N-methyl/N-ethyl adjacent to an activating group) is 1. The highest BCUT2D eigenvalue weighted by molar-refractivity contribution is 5.93. The fourth-order valence-electron chi connectivity index (χ4n) is 3.01. The highest BCUT2D eigenvalue weighted by Crippen LogP contribution is 2.26. The van der Waals surface area contributed by atoms with Gasteiger partial charge in [0.2, 0.25) is 5.91 Å². The van der Waals surface area contributed by atoms with E-state index in [2.05, 4.69) is 15.0 Å². The lowest BCUT2D eigenvalue weighted by Crippen LogP contribution is -2.37. The van der Waals surface area contributed by atoms with Crippen molar-refractivity contribution >= 4 is 11.6 Å². The van der Waals surface area contributed by atoms with E-state index in [4.69, 9.17) is 0 Å². The number of hydrogen-bond acceptors (Lipinski definition) is 3. The molecule has 0 heterocycles. The smallest absolute Gasteiger partial charge is 0.387 e. The molecular weight excluding hydrogens is 302 g/mol. The molecule has 0 spiro atoms. The van der Waals surface area contributed by atoms with Gasteiger partial charge in [0.1, 0.15) is 5.75 Å². The van der Waals surface area contributed by atoms with Gasteiger partial charge in [-0.25, -0.2) is 0 Å². The van der Waals surface area contributed by atoms with Crippen molar-refractivity contribution in [1.82, 2.24) is 4.90 Å². The third kappa shape index (κ3) is 5.78. The second kappa shape index (κ2) is 8.82. The maximum absolute atomic E-state index is 12.4. The van der Waals surface area contributed by atoms with Crippen molar-refractivity contribution in [3.63, 3.8) is 0 Å². The average molecular weight is 326 g/mol. The predicted molar refractivity (Wildman–Crippen MR) is 85.8 cm³/mol. The first-order valence-corrected chi connectivity index (χ1v) is 8.10. The molecule has 1 amide bonds. The predicted octanol–water partition coefficient (Wildman–Crippen LogP) is 3.88. The first-order chi connectivity index (χ1) is 11.1. The lowest BCUT2D eigenvalue weighted by molar-refractivity contribution is -0.117. The van der Waals surface area contributed by atoms with Crippen molar-refractivity contribution in [3.8, 4) is 5.75 Å². The number of anilines is 1. The van der Waals surface area contributed by atoms with Gasteiger partial charge in [0, 0.05) is 6.04 Å². The Morgan fingerprint density at radius 1 is 1.26 bits per heavy atom. The first-order valence-electron chi connectivity index (χ1n) is 8.10. The summed E-state index contributed by atoms with van der Waals surface area (Å²) in [6.45, 7) is -2.67. The van der Waals surface area contributed by atoms with Gasteiger partial charge < -0.3 is 10.1 Å². The van der Waals surface area contributed by atoms with Gasteiger partial charge in [0.25, 0.3) is 0 Å². The number of rotatable bonds is 6. The van der Waals surface area contributed by atoms with Gasteiger partial charge in [-0.2, -0.15) is 8.78 Å². The lowest BCUT2D eigenvalue weighted by Gasteiger charge is -2.26. The van der Waals surface area contributed by atoms with Crippen LogP contribution in [0.15, 0.2) is 24.3 Å². The van der Waals surface area contributed by atoms with E-state index in [0.29, 0.717) is 6.04 Å². The van der Waals surface area contributed by atoms with Crippen molar-refractivity contribution in [1.29, 1.82) is 0 Å². The van der Waals surface area contributed by atoms with E-state index < -0.39 is 6.61 Å². The number of nitrogens with one attached hydrogen (secondary N) is 1. The molecule has 1 saturated carbocycles. The molecule has 0 bridgehead atoms. The summed E-state index contributed by atoms with van der Waals surface area (Å²) in [6, 6.07) is 6.64. The van der Waals surface area contributed by atoms with E-state index in [1.54, 1.807) is 18.2 Å². The molecule has 1 aliphatic carbocycles. The van der Waals surface area contributed by atoms with Crippen LogP contribution < -0.4 is 10.1 Å². The second-order valence-corrected chi connectivity index (χ2v) is 5.98. The van der Waals surface area contributed by atoms with Gasteiger partial charge in [-0.15, -0.1) is 0 Å². The topological polar surface area (TPSA) is 41.6 Å². The molecule has 0 radical (unpaired) electrons. The molecule has 0 aliphatic heterocycles. The molecule has 128 valence electrons. The van der Waals surface area contributed by atoms with Gasteiger partial charge in [0.05, 0.1) is 12.2 Å². The summed E-state index contributed by atoms with van der Waals surface area (Å²) >= 11 is 0. The van der Waals surface area contributed by atoms with E-state index in [9.17, 15) is 13.6 Å². The molecule has 4 nitrogen and oxygen atoms in total. The minimum absolute atomic E-state index is 0.0204. The molecule has 23 heavy (non-hydrogen) atoms. The van der Waals surface area contributed by atoms with Gasteiger partial charge in [0.15, 0.2) is 0 Å². The molecule has 0 unspecified atom stereocenters. The molecule has 1 aromatic carbocycles. The summed E-state index contributed by atoms with van der Waals surface area (Å²) in [6.07, 6.45) is 7.12. The Kier molecular flexibility index (Phi) is 6.77. The Hall–Kier alpha value is -1.69. The van der Waals surface area contributed by atoms with Crippen molar-refractivity contribution in [2.45, 2.75) is 51.2 Å². The zero-order chi connectivity index (χ0) is 16.7. The van der Waals surface area contributed by atoms with Crippen LogP contribution in [0.25, 0.3) is 0 Å². The van der Waals surface area contributed by atoms with E-state index in [1.807, 2.05) is 7.05 Å². The number of alkyl halides is 2. The molecule has 2 rings (SSSR count). The number of benzene rings is 1. The summed E-state index contributed by atoms with van der Waals surface area (Å²) in [5.74, 6) is -0.241. The second-order valence-electron chi connectivity index (χ2n) is 5.98. The van der Waals surface area contributed by atoms with Crippen molar-refractivity contribution in [2.75, 3.05) is 18.9 Å². The van der Waals surface area contributed by atoms with Crippen LogP contribution in [0.1, 0.15) is 38.5 Å². The molecule has 0 aromatic heterocycles. The molecule has 1 aliphatic rings. The normalized spacial score (nSPS) is 16.4. The highest BCUT2D eigenvalue weighted by atomic mass is 19.3. The standard InChI is InChI=1S/C17H24F2N2O2/c1-21(13-8-4-2-3-5-9-13)12-16(22)20-14-10-6-7-11-15(14)23-17(18)19/h6-7,10-11,13,17H,2-5,8-9,12H2,1H3,(H,20,22). The number of carbonyl (C=O) groups is 1. The van der Waals surface area contributed by atoms with Crippen LogP contribution in [0.3, 0.4) is 0 Å². The van der Waals surface area contributed by atoms with Gasteiger partial charge in [-0.3, -0.25) is 9.69 Å². The van der Waals surface area contributed by atoms with Crippen LogP contribution in [-0.4, -0.2) is 37.1 Å². The van der Waals surface area contributed by atoms with Crippen molar-refractivity contribution < 1.29 is 18.3 Å². The fraction of sp³-hybridized carbons (Fsp3) is 0.588. The minimum atomic E-state index is -2.92. The molecular formula is C17H24F2N2O2. The van der Waals surface area contributed by atoms with Crippen LogP contribution in [0, 0.1) is 0 Å². The third-order valence-electron chi connectivity index (χ3n) is 4.22. The van der Waals surface area contributed by atoms with E-state index in [0.717, 1.165) is 12.8 Å². The van der Waals surface area contributed by atoms with Crippen LogP contribution in [0.5, 0.6) is 5.75 Å². The number of ether oxygens (including phenoxy) is 1. The number of amides is 1. The zero-order valence-corrected chi connectivity index (χ0v) is 13.4. The van der Waals surface area contributed by atoms with Crippen LogP contribution in [0.4, 0.5) is 14.5 Å². The van der Waals surface area contributed by atoms with E-state index in [1.165, 1.54) is 31.7 Å². The van der Waals surface area contributed by atoms with Gasteiger partial charge in [-0.05, 0) is 32.0 Å². The summed E-state index contributed by atoms with van der Waals surface area (Å²) < 4.78 is 29.2. The van der Waals surface area contributed by atoms with Gasteiger partial charge in [-0.1, -0.05) is 37.8 Å². The monoisotopic (exact) mass is 326 g/mol. The minimum Gasteiger partial charge on any atom is -0.433 e. The number of halogens is 2. The Morgan fingerprint density at radius 2 is 1.91 bits per heavy atom.